The number of rotatable bonds is 6. The summed E-state index contributed by atoms with van der Waals surface area (Å²) in [5.74, 6) is 0.312. The molecule has 1 aromatic carbocycles. The standard InChI is InChI=1S/C14H20N4O2S/c1-4-11-5-6-13(9-12(11)10-15-2)21(19,20)17-14-7-8-18(3)16-14/h5-9,15H,4,10H2,1-3H3,(H,16,17). The maximum absolute atomic E-state index is 12.4. The molecule has 0 aliphatic rings. The molecule has 21 heavy (non-hydrogen) atoms. The molecule has 0 unspecified atom stereocenters. The molecule has 0 atom stereocenters. The van der Waals surface area contributed by atoms with Crippen LogP contribution in [0.3, 0.4) is 0 Å². The van der Waals surface area contributed by atoms with Gasteiger partial charge in [0, 0.05) is 25.9 Å². The van der Waals surface area contributed by atoms with Crippen molar-refractivity contribution in [2.45, 2.75) is 24.8 Å². The third-order valence-electron chi connectivity index (χ3n) is 3.19. The van der Waals surface area contributed by atoms with E-state index in [1.54, 1.807) is 36.1 Å². The first-order valence-corrected chi connectivity index (χ1v) is 8.23. The van der Waals surface area contributed by atoms with Gasteiger partial charge in [0.15, 0.2) is 5.82 Å². The van der Waals surface area contributed by atoms with Crippen molar-refractivity contribution in [3.05, 3.63) is 41.6 Å². The van der Waals surface area contributed by atoms with E-state index < -0.39 is 10.0 Å². The zero-order chi connectivity index (χ0) is 15.5. The van der Waals surface area contributed by atoms with Crippen LogP contribution in [-0.4, -0.2) is 25.2 Å². The number of anilines is 1. The third kappa shape index (κ3) is 3.62. The number of hydrogen-bond acceptors (Lipinski definition) is 4. The lowest BCUT2D eigenvalue weighted by Crippen LogP contribution is -2.15. The van der Waals surface area contributed by atoms with Crippen LogP contribution in [-0.2, 0) is 30.0 Å². The Hall–Kier alpha value is -1.86. The van der Waals surface area contributed by atoms with Crippen LogP contribution in [0.2, 0.25) is 0 Å². The highest BCUT2D eigenvalue weighted by molar-refractivity contribution is 7.92. The molecule has 0 aliphatic carbocycles. The second-order valence-corrected chi connectivity index (χ2v) is 6.48. The number of nitrogens with zero attached hydrogens (tertiary/aromatic N) is 2. The first kappa shape index (κ1) is 15.5. The van der Waals surface area contributed by atoms with Gasteiger partial charge in [-0.05, 0) is 36.7 Å². The van der Waals surface area contributed by atoms with Gasteiger partial charge in [-0.25, -0.2) is 8.42 Å². The van der Waals surface area contributed by atoms with E-state index in [-0.39, 0.29) is 4.90 Å². The van der Waals surface area contributed by atoms with Gasteiger partial charge >= 0.3 is 0 Å². The van der Waals surface area contributed by atoms with Gasteiger partial charge in [-0.15, -0.1) is 0 Å². The summed E-state index contributed by atoms with van der Waals surface area (Å²) in [5.41, 5.74) is 2.13. The topological polar surface area (TPSA) is 76.0 Å². The van der Waals surface area contributed by atoms with Gasteiger partial charge in [-0.3, -0.25) is 9.40 Å². The average molecular weight is 308 g/mol. The molecule has 0 fully saturated rings. The zero-order valence-electron chi connectivity index (χ0n) is 12.4. The van der Waals surface area contributed by atoms with Crippen molar-refractivity contribution in [1.29, 1.82) is 0 Å². The summed E-state index contributed by atoms with van der Waals surface area (Å²) in [6.07, 6.45) is 2.55. The summed E-state index contributed by atoms with van der Waals surface area (Å²) in [7, 11) is -0.0444. The molecule has 0 amide bonds. The SMILES string of the molecule is CCc1ccc(S(=O)(=O)Nc2ccn(C)n2)cc1CNC. The highest BCUT2D eigenvalue weighted by Crippen LogP contribution is 2.19. The largest absolute Gasteiger partial charge is 0.316 e. The van der Waals surface area contributed by atoms with Crippen molar-refractivity contribution in [3.63, 3.8) is 0 Å². The number of aryl methyl sites for hydroxylation is 2. The molecule has 0 saturated carbocycles. The van der Waals surface area contributed by atoms with E-state index in [0.717, 1.165) is 17.5 Å². The molecule has 0 saturated heterocycles. The third-order valence-corrected chi connectivity index (χ3v) is 4.54. The van der Waals surface area contributed by atoms with Crippen molar-refractivity contribution in [1.82, 2.24) is 15.1 Å². The van der Waals surface area contributed by atoms with Crippen LogP contribution >= 0.6 is 0 Å². The minimum Gasteiger partial charge on any atom is -0.316 e. The van der Waals surface area contributed by atoms with Gasteiger partial charge in [0.25, 0.3) is 10.0 Å². The Kier molecular flexibility index (Phi) is 4.64. The van der Waals surface area contributed by atoms with E-state index >= 15 is 0 Å². The van der Waals surface area contributed by atoms with Crippen molar-refractivity contribution in [3.8, 4) is 0 Å². The Morgan fingerprint density at radius 3 is 2.57 bits per heavy atom. The van der Waals surface area contributed by atoms with E-state index in [1.165, 1.54) is 0 Å². The fourth-order valence-electron chi connectivity index (χ4n) is 2.14. The van der Waals surface area contributed by atoms with E-state index in [0.29, 0.717) is 12.4 Å². The van der Waals surface area contributed by atoms with Crippen molar-refractivity contribution in [2.75, 3.05) is 11.8 Å². The lowest BCUT2D eigenvalue weighted by molar-refractivity contribution is 0.600. The Morgan fingerprint density at radius 2 is 2.00 bits per heavy atom. The van der Waals surface area contributed by atoms with Crippen LogP contribution in [0.5, 0.6) is 0 Å². The molecule has 2 aromatic rings. The molecule has 0 aliphatic heterocycles. The highest BCUT2D eigenvalue weighted by Gasteiger charge is 2.17. The highest BCUT2D eigenvalue weighted by atomic mass is 32.2. The maximum atomic E-state index is 12.4. The van der Waals surface area contributed by atoms with Gasteiger partial charge < -0.3 is 5.32 Å². The van der Waals surface area contributed by atoms with Gasteiger partial charge in [0.1, 0.15) is 0 Å². The number of nitrogens with one attached hydrogen (secondary N) is 2. The van der Waals surface area contributed by atoms with Crippen LogP contribution in [0.1, 0.15) is 18.1 Å². The van der Waals surface area contributed by atoms with Crippen LogP contribution in [0, 0.1) is 0 Å². The molecule has 0 spiro atoms. The Labute approximate surface area is 125 Å². The molecule has 2 N–H and O–H groups in total. The fraction of sp³-hybridized carbons (Fsp3) is 0.357. The summed E-state index contributed by atoms with van der Waals surface area (Å²) >= 11 is 0. The number of hydrogen-bond donors (Lipinski definition) is 2. The van der Waals surface area contributed by atoms with Crippen molar-refractivity contribution < 1.29 is 8.42 Å². The summed E-state index contributed by atoms with van der Waals surface area (Å²) in [6.45, 7) is 2.69. The van der Waals surface area contributed by atoms with E-state index in [4.69, 9.17) is 0 Å². The van der Waals surface area contributed by atoms with E-state index in [1.807, 2.05) is 13.1 Å². The van der Waals surface area contributed by atoms with Gasteiger partial charge in [-0.2, -0.15) is 5.10 Å². The predicted octanol–water partition coefficient (Wildman–Crippen LogP) is 1.50. The van der Waals surface area contributed by atoms with Crippen LogP contribution in [0.4, 0.5) is 5.82 Å². The monoisotopic (exact) mass is 308 g/mol. The minimum atomic E-state index is -3.62. The summed E-state index contributed by atoms with van der Waals surface area (Å²) in [6, 6.07) is 6.82. The molecule has 1 heterocycles. The smallest absolute Gasteiger partial charge is 0.263 e. The maximum Gasteiger partial charge on any atom is 0.263 e. The normalized spacial score (nSPS) is 11.6. The van der Waals surface area contributed by atoms with E-state index in [9.17, 15) is 8.42 Å². The number of sulfonamides is 1. The average Bonchev–Trinajstić information content (AvgIpc) is 2.83. The Balaban J connectivity index is 2.33. The Morgan fingerprint density at radius 1 is 1.24 bits per heavy atom. The number of aromatic nitrogens is 2. The van der Waals surface area contributed by atoms with Gasteiger partial charge in [0.2, 0.25) is 0 Å². The zero-order valence-corrected chi connectivity index (χ0v) is 13.2. The predicted molar refractivity (Wildman–Crippen MR) is 82.6 cm³/mol. The first-order chi connectivity index (χ1) is 9.96. The van der Waals surface area contributed by atoms with Crippen molar-refractivity contribution in [2.24, 2.45) is 7.05 Å². The summed E-state index contributed by atoms with van der Waals surface area (Å²) in [4.78, 5) is 0.246. The Bertz CT molecular complexity index is 722. The first-order valence-electron chi connectivity index (χ1n) is 6.75. The molecule has 7 heteroatoms. The molecular weight excluding hydrogens is 288 g/mol. The summed E-state index contributed by atoms with van der Waals surface area (Å²) in [5, 5.41) is 7.09. The lowest BCUT2D eigenvalue weighted by atomic mass is 10.1. The molecule has 0 radical (unpaired) electrons. The van der Waals surface area contributed by atoms with Gasteiger partial charge in [0.05, 0.1) is 4.90 Å². The molecule has 114 valence electrons. The molecule has 2 rings (SSSR count). The summed E-state index contributed by atoms with van der Waals surface area (Å²) < 4.78 is 28.8. The van der Waals surface area contributed by atoms with Crippen LogP contribution < -0.4 is 10.0 Å². The molecular formula is C14H20N4O2S. The van der Waals surface area contributed by atoms with Gasteiger partial charge in [-0.1, -0.05) is 13.0 Å². The molecule has 6 nitrogen and oxygen atoms in total. The quantitative estimate of drug-likeness (QED) is 0.848. The fourth-order valence-corrected chi connectivity index (χ4v) is 3.18. The van der Waals surface area contributed by atoms with Crippen molar-refractivity contribution >= 4 is 15.8 Å². The second-order valence-electron chi connectivity index (χ2n) is 4.79. The second kappa shape index (κ2) is 6.28. The van der Waals surface area contributed by atoms with E-state index in [2.05, 4.69) is 22.1 Å². The number of benzene rings is 1. The lowest BCUT2D eigenvalue weighted by Gasteiger charge is -2.11. The molecule has 1 aromatic heterocycles. The minimum absolute atomic E-state index is 0.246. The van der Waals surface area contributed by atoms with Crippen LogP contribution in [0.15, 0.2) is 35.4 Å². The molecule has 0 bridgehead atoms. The van der Waals surface area contributed by atoms with Crippen LogP contribution in [0.25, 0.3) is 0 Å².